The van der Waals surface area contributed by atoms with E-state index in [0.29, 0.717) is 39.5 Å². The maximum Gasteiger partial charge on any atom is 0.259 e. The van der Waals surface area contributed by atoms with E-state index >= 15 is 0 Å². The molecule has 5 rings (SSSR count). The number of pyridine rings is 1. The van der Waals surface area contributed by atoms with Gasteiger partial charge >= 0.3 is 0 Å². The number of carbonyl (C=O) groups is 2. The summed E-state index contributed by atoms with van der Waals surface area (Å²) in [7, 11) is 0. The molecule has 4 aromatic heterocycles. The van der Waals surface area contributed by atoms with Crippen LogP contribution >= 0.6 is 0 Å². The second kappa shape index (κ2) is 9.10. The zero-order chi connectivity index (χ0) is 25.4. The minimum Gasteiger partial charge on any atom is -0.466 e. The summed E-state index contributed by atoms with van der Waals surface area (Å²) in [6.07, 6.45) is 2.86. The van der Waals surface area contributed by atoms with E-state index in [4.69, 9.17) is 8.94 Å². The van der Waals surface area contributed by atoms with Gasteiger partial charge in [0.2, 0.25) is 5.91 Å². The lowest BCUT2D eigenvalue weighted by Crippen LogP contribution is -2.24. The monoisotopic (exact) mass is 485 g/mol. The van der Waals surface area contributed by atoms with Crippen molar-refractivity contribution in [2.75, 3.05) is 10.6 Å². The van der Waals surface area contributed by atoms with Crippen LogP contribution in [0.15, 0.2) is 58.0 Å². The minimum atomic E-state index is -0.523. The van der Waals surface area contributed by atoms with Crippen LogP contribution in [-0.4, -0.2) is 36.7 Å². The molecule has 2 amide bonds. The molecule has 11 heteroatoms. The minimum absolute atomic E-state index is 0.239. The van der Waals surface area contributed by atoms with Gasteiger partial charge in [0.25, 0.3) is 11.6 Å². The van der Waals surface area contributed by atoms with Gasteiger partial charge in [-0.1, -0.05) is 5.16 Å². The number of nitrogens with one attached hydrogen (secondary N) is 2. The molecule has 0 aliphatic heterocycles. The SMILES string of the molecule is Cc1cc(-c2cc(C(=O)Nc3ccc(NC(=O)C(C)n4cncn4)cc3)c3c(C)noc3n2)c(C)o1. The average molecular weight is 486 g/mol. The summed E-state index contributed by atoms with van der Waals surface area (Å²) in [6.45, 7) is 7.17. The number of rotatable bonds is 6. The van der Waals surface area contributed by atoms with Gasteiger partial charge in [0.1, 0.15) is 30.2 Å². The van der Waals surface area contributed by atoms with Crippen LogP contribution in [0, 0.1) is 20.8 Å². The van der Waals surface area contributed by atoms with Gasteiger partial charge in [0.15, 0.2) is 0 Å². The van der Waals surface area contributed by atoms with Gasteiger partial charge in [0, 0.05) is 16.9 Å². The molecule has 36 heavy (non-hydrogen) atoms. The highest BCUT2D eigenvalue weighted by Gasteiger charge is 2.21. The fraction of sp³-hybridized carbons (Fsp3) is 0.200. The first-order valence-electron chi connectivity index (χ1n) is 11.2. The van der Waals surface area contributed by atoms with E-state index in [9.17, 15) is 9.59 Å². The predicted molar refractivity (Wildman–Crippen MR) is 131 cm³/mol. The Morgan fingerprint density at radius 1 is 1.03 bits per heavy atom. The van der Waals surface area contributed by atoms with Gasteiger partial charge in [-0.25, -0.2) is 14.6 Å². The van der Waals surface area contributed by atoms with Crippen molar-refractivity contribution in [2.45, 2.75) is 33.7 Å². The molecule has 0 radical (unpaired) electrons. The molecule has 4 heterocycles. The van der Waals surface area contributed by atoms with Crippen molar-refractivity contribution in [1.29, 1.82) is 0 Å². The standard InChI is InChI=1S/C25H23N7O4/c1-13-9-19(16(4)35-13)21-10-20(22-14(2)31-36-25(22)30-21)24(34)29-18-7-5-17(6-8-18)28-23(33)15(3)32-12-26-11-27-32/h5-12,15H,1-4H3,(H,28,33)(H,29,34). The summed E-state index contributed by atoms with van der Waals surface area (Å²) in [5.41, 5.74) is 3.68. The summed E-state index contributed by atoms with van der Waals surface area (Å²) in [4.78, 5) is 34.2. The van der Waals surface area contributed by atoms with Crippen molar-refractivity contribution in [3.63, 3.8) is 0 Å². The Bertz CT molecular complexity index is 1570. The number of aryl methyl sites for hydroxylation is 3. The van der Waals surface area contributed by atoms with Crippen molar-refractivity contribution in [2.24, 2.45) is 0 Å². The van der Waals surface area contributed by atoms with Gasteiger partial charge in [-0.15, -0.1) is 0 Å². The second-order valence-electron chi connectivity index (χ2n) is 8.40. The zero-order valence-corrected chi connectivity index (χ0v) is 20.1. The Kier molecular flexibility index (Phi) is 5.80. The lowest BCUT2D eigenvalue weighted by atomic mass is 10.1. The third-order valence-electron chi connectivity index (χ3n) is 5.80. The number of fused-ring (bicyclic) bond motifs is 1. The van der Waals surface area contributed by atoms with E-state index in [0.717, 1.165) is 11.3 Å². The fourth-order valence-electron chi connectivity index (χ4n) is 3.92. The van der Waals surface area contributed by atoms with Gasteiger partial charge in [-0.2, -0.15) is 5.10 Å². The fourth-order valence-corrected chi connectivity index (χ4v) is 3.92. The van der Waals surface area contributed by atoms with Crippen LogP contribution in [-0.2, 0) is 4.79 Å². The van der Waals surface area contributed by atoms with Gasteiger partial charge in [-0.05, 0) is 64.1 Å². The summed E-state index contributed by atoms with van der Waals surface area (Å²) in [5, 5.41) is 14.2. The molecule has 1 unspecified atom stereocenters. The van der Waals surface area contributed by atoms with Crippen molar-refractivity contribution in [3.05, 3.63) is 71.8 Å². The molecule has 182 valence electrons. The van der Waals surface area contributed by atoms with Crippen LogP contribution in [0.5, 0.6) is 0 Å². The largest absolute Gasteiger partial charge is 0.466 e. The lowest BCUT2D eigenvalue weighted by molar-refractivity contribution is -0.119. The van der Waals surface area contributed by atoms with Crippen LogP contribution in [0.2, 0.25) is 0 Å². The Hall–Kier alpha value is -4.80. The molecule has 5 aromatic rings. The third-order valence-corrected chi connectivity index (χ3v) is 5.80. The molecule has 1 aromatic carbocycles. The zero-order valence-electron chi connectivity index (χ0n) is 20.1. The topological polar surface area (TPSA) is 141 Å². The smallest absolute Gasteiger partial charge is 0.259 e. The normalized spacial score (nSPS) is 12.0. The molecule has 2 N–H and O–H groups in total. The van der Waals surface area contributed by atoms with Gasteiger partial charge in [-0.3, -0.25) is 9.59 Å². The Labute approximate surface area is 205 Å². The van der Waals surface area contributed by atoms with E-state index in [-0.39, 0.29) is 17.5 Å². The molecular weight excluding hydrogens is 462 g/mol. The molecule has 1 atom stereocenters. The molecule has 11 nitrogen and oxygen atoms in total. The Morgan fingerprint density at radius 2 is 1.75 bits per heavy atom. The van der Waals surface area contributed by atoms with Crippen molar-refractivity contribution in [3.8, 4) is 11.3 Å². The number of hydrogen-bond donors (Lipinski definition) is 2. The lowest BCUT2D eigenvalue weighted by Gasteiger charge is -2.13. The van der Waals surface area contributed by atoms with Crippen molar-refractivity contribution in [1.82, 2.24) is 24.9 Å². The first-order chi connectivity index (χ1) is 17.3. The highest BCUT2D eigenvalue weighted by atomic mass is 16.5. The third kappa shape index (κ3) is 4.33. The van der Waals surface area contributed by atoms with E-state index in [2.05, 4.69) is 30.9 Å². The first kappa shape index (κ1) is 23.0. The molecule has 0 aliphatic rings. The maximum atomic E-state index is 13.3. The Morgan fingerprint density at radius 3 is 2.39 bits per heavy atom. The summed E-state index contributed by atoms with van der Waals surface area (Å²) in [5.74, 6) is 0.853. The van der Waals surface area contributed by atoms with Crippen LogP contribution in [0.3, 0.4) is 0 Å². The molecular formula is C25H23N7O4. The van der Waals surface area contributed by atoms with E-state index in [1.54, 1.807) is 44.2 Å². The number of hydrogen-bond acceptors (Lipinski definition) is 8. The number of carbonyl (C=O) groups excluding carboxylic acids is 2. The van der Waals surface area contributed by atoms with Crippen LogP contribution < -0.4 is 10.6 Å². The van der Waals surface area contributed by atoms with E-state index < -0.39 is 6.04 Å². The molecule has 0 aliphatic carbocycles. The molecule has 0 saturated carbocycles. The average Bonchev–Trinajstić information content (AvgIpc) is 3.60. The van der Waals surface area contributed by atoms with E-state index in [1.165, 1.54) is 17.3 Å². The number of benzene rings is 1. The Balaban J connectivity index is 1.37. The summed E-state index contributed by atoms with van der Waals surface area (Å²) < 4.78 is 12.5. The molecule has 0 spiro atoms. The number of anilines is 2. The number of nitrogens with zero attached hydrogens (tertiary/aromatic N) is 5. The van der Waals surface area contributed by atoms with Crippen molar-refractivity contribution < 1.29 is 18.5 Å². The van der Waals surface area contributed by atoms with Crippen LogP contribution in [0.1, 0.15) is 40.5 Å². The highest BCUT2D eigenvalue weighted by molar-refractivity contribution is 6.13. The number of aromatic nitrogens is 5. The van der Waals surface area contributed by atoms with Crippen molar-refractivity contribution >= 4 is 34.3 Å². The molecule has 0 fully saturated rings. The first-order valence-corrected chi connectivity index (χ1v) is 11.2. The van der Waals surface area contributed by atoms with Crippen LogP contribution in [0.25, 0.3) is 22.4 Å². The quantitative estimate of drug-likeness (QED) is 0.359. The summed E-state index contributed by atoms with van der Waals surface area (Å²) >= 11 is 0. The second-order valence-corrected chi connectivity index (χ2v) is 8.40. The number of amides is 2. The van der Waals surface area contributed by atoms with E-state index in [1.807, 2.05) is 19.9 Å². The highest BCUT2D eigenvalue weighted by Crippen LogP contribution is 2.31. The molecule has 0 saturated heterocycles. The van der Waals surface area contributed by atoms with Crippen LogP contribution in [0.4, 0.5) is 11.4 Å². The maximum absolute atomic E-state index is 13.3. The number of furan rings is 1. The predicted octanol–water partition coefficient (Wildman–Crippen LogP) is 4.45. The van der Waals surface area contributed by atoms with Gasteiger partial charge in [0.05, 0.1) is 22.3 Å². The van der Waals surface area contributed by atoms with Gasteiger partial charge < -0.3 is 19.6 Å². The summed E-state index contributed by atoms with van der Waals surface area (Å²) in [6, 6.07) is 9.87. The molecule has 0 bridgehead atoms.